The lowest BCUT2D eigenvalue weighted by Crippen LogP contribution is -2.29. The monoisotopic (exact) mass is 146 g/mol. The minimum Gasteiger partial charge on any atom is -0.119 e. The molecule has 0 aliphatic heterocycles. The topological polar surface area (TPSA) is 0 Å². The Hall–Kier alpha value is 0.290. The Labute approximate surface area is 62.6 Å². The van der Waals surface area contributed by atoms with Crippen molar-refractivity contribution in [2.24, 2.45) is 5.92 Å². The average Bonchev–Trinajstić information content (AvgIpc) is 1.77. The molecule has 0 amide bonds. The number of rotatable bonds is 0. The van der Waals surface area contributed by atoms with Crippen molar-refractivity contribution in [1.29, 1.82) is 0 Å². The van der Waals surface area contributed by atoms with Gasteiger partial charge in [-0.3, -0.25) is 0 Å². The molecule has 0 aromatic rings. The maximum absolute atomic E-state index is 6.22. The van der Waals surface area contributed by atoms with E-state index in [1.54, 1.807) is 0 Å². The van der Waals surface area contributed by atoms with Gasteiger partial charge < -0.3 is 0 Å². The highest BCUT2D eigenvalue weighted by Gasteiger charge is 2.30. The highest BCUT2D eigenvalue weighted by molar-refractivity contribution is 6.23. The Morgan fingerprint density at radius 2 is 2.11 bits per heavy atom. The zero-order chi connectivity index (χ0) is 6.91. The van der Waals surface area contributed by atoms with Crippen molar-refractivity contribution < 1.29 is 0 Å². The van der Waals surface area contributed by atoms with Crippen LogP contribution in [0.3, 0.4) is 0 Å². The van der Waals surface area contributed by atoms with Gasteiger partial charge in [0.05, 0.1) is 0 Å². The Morgan fingerprint density at radius 3 is 2.44 bits per heavy atom. The smallest absolute Gasteiger partial charge is 0.0444 e. The molecule has 0 heterocycles. The lowest BCUT2D eigenvalue weighted by Gasteiger charge is -2.33. The number of alkyl halides is 1. The van der Waals surface area contributed by atoms with Crippen LogP contribution in [0.5, 0.6) is 0 Å². The van der Waals surface area contributed by atoms with Gasteiger partial charge in [0, 0.05) is 4.87 Å². The van der Waals surface area contributed by atoms with Crippen molar-refractivity contribution in [3.05, 3.63) is 0 Å². The van der Waals surface area contributed by atoms with Crippen molar-refractivity contribution in [1.82, 2.24) is 0 Å². The molecule has 2 unspecified atom stereocenters. The second kappa shape index (κ2) is 2.49. The maximum Gasteiger partial charge on any atom is 0.0444 e. The highest BCUT2D eigenvalue weighted by atomic mass is 35.5. The van der Waals surface area contributed by atoms with Crippen molar-refractivity contribution >= 4 is 11.6 Å². The summed E-state index contributed by atoms with van der Waals surface area (Å²) < 4.78 is 0. The largest absolute Gasteiger partial charge is 0.119 e. The third-order valence-electron chi connectivity index (χ3n) is 2.58. The van der Waals surface area contributed by atoms with Gasteiger partial charge in [-0.05, 0) is 25.7 Å². The van der Waals surface area contributed by atoms with Gasteiger partial charge in [-0.15, -0.1) is 11.6 Å². The van der Waals surface area contributed by atoms with E-state index in [0.29, 0.717) is 5.92 Å². The Kier molecular flexibility index (Phi) is 2.05. The summed E-state index contributed by atoms with van der Waals surface area (Å²) in [6.45, 7) is 4.42. The minimum atomic E-state index is 0.109. The number of halogens is 1. The van der Waals surface area contributed by atoms with Crippen LogP contribution >= 0.6 is 11.6 Å². The summed E-state index contributed by atoms with van der Waals surface area (Å²) in [7, 11) is 0. The van der Waals surface area contributed by atoms with E-state index in [4.69, 9.17) is 11.6 Å². The van der Waals surface area contributed by atoms with Crippen molar-refractivity contribution in [3.63, 3.8) is 0 Å². The molecule has 54 valence electrons. The van der Waals surface area contributed by atoms with Gasteiger partial charge >= 0.3 is 0 Å². The van der Waals surface area contributed by atoms with Gasteiger partial charge in [-0.2, -0.15) is 0 Å². The molecule has 0 nitrogen and oxygen atoms in total. The normalized spacial score (nSPS) is 45.0. The van der Waals surface area contributed by atoms with Crippen LogP contribution in [0, 0.1) is 5.92 Å². The van der Waals surface area contributed by atoms with E-state index in [1.165, 1.54) is 25.7 Å². The fourth-order valence-corrected chi connectivity index (χ4v) is 1.71. The summed E-state index contributed by atoms with van der Waals surface area (Å²) in [5.74, 6) is 0.716. The molecule has 9 heavy (non-hydrogen) atoms. The van der Waals surface area contributed by atoms with Crippen LogP contribution in [0.15, 0.2) is 0 Å². The zero-order valence-electron chi connectivity index (χ0n) is 6.28. The molecule has 0 N–H and O–H groups in total. The van der Waals surface area contributed by atoms with Crippen LogP contribution < -0.4 is 0 Å². The molecule has 0 aromatic heterocycles. The van der Waals surface area contributed by atoms with Gasteiger partial charge in [0.25, 0.3) is 0 Å². The zero-order valence-corrected chi connectivity index (χ0v) is 7.04. The Morgan fingerprint density at radius 1 is 1.44 bits per heavy atom. The molecular weight excluding hydrogens is 132 g/mol. The summed E-state index contributed by atoms with van der Waals surface area (Å²) in [6, 6.07) is 0. The second-order valence-electron chi connectivity index (χ2n) is 3.42. The summed E-state index contributed by atoms with van der Waals surface area (Å²) in [4.78, 5) is 0.109. The molecule has 2 atom stereocenters. The van der Waals surface area contributed by atoms with E-state index in [9.17, 15) is 0 Å². The quantitative estimate of drug-likeness (QED) is 0.461. The van der Waals surface area contributed by atoms with E-state index < -0.39 is 0 Å². The fourth-order valence-electron chi connectivity index (χ4n) is 1.47. The maximum atomic E-state index is 6.22. The van der Waals surface area contributed by atoms with Crippen LogP contribution in [0.1, 0.15) is 39.5 Å². The van der Waals surface area contributed by atoms with E-state index in [-0.39, 0.29) is 4.87 Å². The second-order valence-corrected chi connectivity index (χ2v) is 4.29. The Balaban J connectivity index is 2.49. The summed E-state index contributed by atoms with van der Waals surface area (Å²) in [5, 5.41) is 0. The molecule has 0 saturated heterocycles. The molecule has 0 radical (unpaired) electrons. The van der Waals surface area contributed by atoms with Crippen LogP contribution in [-0.2, 0) is 0 Å². The fraction of sp³-hybridized carbons (Fsp3) is 1.00. The first-order valence-electron chi connectivity index (χ1n) is 3.82. The van der Waals surface area contributed by atoms with E-state index in [1.807, 2.05) is 0 Å². The first-order chi connectivity index (χ1) is 4.13. The Bertz CT molecular complexity index is 96.7. The lowest BCUT2D eigenvalue weighted by atomic mass is 9.81. The summed E-state index contributed by atoms with van der Waals surface area (Å²) >= 11 is 6.22. The van der Waals surface area contributed by atoms with Gasteiger partial charge in [0.2, 0.25) is 0 Å². The standard InChI is InChI=1S/C8H15Cl/c1-7-5-3-4-6-8(7,2)9/h7H,3-6H2,1-2H3. The molecule has 0 aromatic carbocycles. The molecule has 0 bridgehead atoms. The van der Waals surface area contributed by atoms with Crippen molar-refractivity contribution in [3.8, 4) is 0 Å². The molecule has 1 fully saturated rings. The van der Waals surface area contributed by atoms with Crippen LogP contribution in [0.25, 0.3) is 0 Å². The first kappa shape index (κ1) is 7.40. The first-order valence-corrected chi connectivity index (χ1v) is 4.19. The molecule has 1 heteroatoms. The van der Waals surface area contributed by atoms with Crippen LogP contribution in [-0.4, -0.2) is 4.87 Å². The predicted molar refractivity (Wildman–Crippen MR) is 41.9 cm³/mol. The molecule has 1 aliphatic carbocycles. The summed E-state index contributed by atoms with van der Waals surface area (Å²) in [5.41, 5.74) is 0. The van der Waals surface area contributed by atoms with Gasteiger partial charge in [-0.1, -0.05) is 19.8 Å². The van der Waals surface area contributed by atoms with Gasteiger partial charge in [-0.25, -0.2) is 0 Å². The van der Waals surface area contributed by atoms with E-state index in [0.717, 1.165) is 0 Å². The lowest BCUT2D eigenvalue weighted by molar-refractivity contribution is 0.305. The third kappa shape index (κ3) is 1.61. The van der Waals surface area contributed by atoms with E-state index in [2.05, 4.69) is 13.8 Å². The van der Waals surface area contributed by atoms with Gasteiger partial charge in [0.1, 0.15) is 0 Å². The molecule has 1 saturated carbocycles. The predicted octanol–water partition coefficient (Wildman–Crippen LogP) is 3.19. The molecule has 0 spiro atoms. The molecule has 1 rings (SSSR count). The van der Waals surface area contributed by atoms with Crippen LogP contribution in [0.2, 0.25) is 0 Å². The number of hydrogen-bond donors (Lipinski definition) is 0. The van der Waals surface area contributed by atoms with Crippen molar-refractivity contribution in [2.45, 2.75) is 44.4 Å². The third-order valence-corrected chi connectivity index (χ3v) is 3.14. The highest BCUT2D eigenvalue weighted by Crippen LogP contribution is 2.38. The van der Waals surface area contributed by atoms with Crippen LogP contribution in [0.4, 0.5) is 0 Å². The average molecular weight is 147 g/mol. The molecular formula is C8H15Cl. The van der Waals surface area contributed by atoms with Crippen molar-refractivity contribution in [2.75, 3.05) is 0 Å². The number of hydrogen-bond acceptors (Lipinski definition) is 0. The van der Waals surface area contributed by atoms with E-state index >= 15 is 0 Å². The summed E-state index contributed by atoms with van der Waals surface area (Å²) in [6.07, 6.45) is 5.23. The minimum absolute atomic E-state index is 0.109. The van der Waals surface area contributed by atoms with Gasteiger partial charge in [0.15, 0.2) is 0 Å². The molecule has 1 aliphatic rings. The SMILES string of the molecule is CC1CCCCC1(C)Cl.